The summed E-state index contributed by atoms with van der Waals surface area (Å²) in [6.45, 7) is 4.51. The van der Waals surface area contributed by atoms with E-state index in [-0.39, 0.29) is 16.6 Å². The highest BCUT2D eigenvalue weighted by Crippen LogP contribution is 2.15. The van der Waals surface area contributed by atoms with Crippen molar-refractivity contribution in [3.63, 3.8) is 0 Å². The minimum Gasteiger partial charge on any atom is -0.457 e. The van der Waals surface area contributed by atoms with E-state index in [4.69, 9.17) is 9.47 Å². The smallest absolute Gasteiger partial charge is 0.338 e. The van der Waals surface area contributed by atoms with Gasteiger partial charge in [0.25, 0.3) is 0 Å². The van der Waals surface area contributed by atoms with Crippen molar-refractivity contribution >= 4 is 18.6 Å². The van der Waals surface area contributed by atoms with Crippen molar-refractivity contribution in [3.05, 3.63) is 29.6 Å². The molecule has 0 fully saturated rings. The van der Waals surface area contributed by atoms with Crippen LogP contribution in [-0.2, 0) is 9.47 Å². The molecule has 0 saturated carbocycles. The molecular weight excluding hydrogens is 243 g/mol. The summed E-state index contributed by atoms with van der Waals surface area (Å²) in [7, 11) is 0. The standard InChI is InChI=1S/C12H15FO3S/c1-3-15-7-8(2)16-12(14)9-4-5-10(13)11(17)6-9/h4-6,8,17H,3,7H2,1-2H3. The Bertz CT molecular complexity index is 395. The number of hydrogen-bond acceptors (Lipinski definition) is 4. The maximum Gasteiger partial charge on any atom is 0.338 e. The molecule has 1 unspecified atom stereocenters. The minimum absolute atomic E-state index is 0.122. The summed E-state index contributed by atoms with van der Waals surface area (Å²) in [5, 5.41) is 0. The number of rotatable bonds is 5. The summed E-state index contributed by atoms with van der Waals surface area (Å²) in [5.74, 6) is -0.972. The summed E-state index contributed by atoms with van der Waals surface area (Å²) in [6.07, 6.45) is -0.337. The maximum absolute atomic E-state index is 12.9. The Morgan fingerprint density at radius 2 is 2.24 bits per heavy atom. The van der Waals surface area contributed by atoms with Crippen molar-refractivity contribution in [1.29, 1.82) is 0 Å². The zero-order chi connectivity index (χ0) is 12.8. The van der Waals surface area contributed by atoms with Crippen LogP contribution in [-0.4, -0.2) is 25.3 Å². The van der Waals surface area contributed by atoms with Crippen molar-refractivity contribution in [3.8, 4) is 0 Å². The Labute approximate surface area is 105 Å². The Morgan fingerprint density at radius 1 is 1.53 bits per heavy atom. The largest absolute Gasteiger partial charge is 0.457 e. The van der Waals surface area contributed by atoms with Gasteiger partial charge in [0.2, 0.25) is 0 Å². The van der Waals surface area contributed by atoms with Crippen LogP contribution in [0.5, 0.6) is 0 Å². The van der Waals surface area contributed by atoms with Gasteiger partial charge < -0.3 is 9.47 Å². The lowest BCUT2D eigenvalue weighted by atomic mass is 10.2. The minimum atomic E-state index is -0.507. The van der Waals surface area contributed by atoms with E-state index in [0.29, 0.717) is 13.2 Å². The Kier molecular flexibility index (Phi) is 5.44. The number of ether oxygens (including phenoxy) is 2. The fraction of sp³-hybridized carbons (Fsp3) is 0.417. The predicted molar refractivity (Wildman–Crippen MR) is 65.0 cm³/mol. The topological polar surface area (TPSA) is 35.5 Å². The van der Waals surface area contributed by atoms with Crippen molar-refractivity contribution < 1.29 is 18.7 Å². The van der Waals surface area contributed by atoms with Gasteiger partial charge in [-0.25, -0.2) is 9.18 Å². The molecular formula is C12H15FO3S. The van der Waals surface area contributed by atoms with E-state index in [2.05, 4.69) is 12.6 Å². The molecule has 0 spiro atoms. The molecule has 0 aliphatic rings. The van der Waals surface area contributed by atoms with Crippen molar-refractivity contribution in [2.75, 3.05) is 13.2 Å². The summed E-state index contributed by atoms with van der Waals surface area (Å²) in [5.41, 5.74) is 0.278. The number of esters is 1. The Hall–Kier alpha value is -1.07. The van der Waals surface area contributed by atoms with E-state index in [1.54, 1.807) is 6.92 Å². The first-order valence-electron chi connectivity index (χ1n) is 5.31. The van der Waals surface area contributed by atoms with Gasteiger partial charge in [-0.3, -0.25) is 0 Å². The van der Waals surface area contributed by atoms with Crippen molar-refractivity contribution in [2.24, 2.45) is 0 Å². The van der Waals surface area contributed by atoms with Crippen LogP contribution >= 0.6 is 12.6 Å². The first-order chi connectivity index (χ1) is 8.04. The van der Waals surface area contributed by atoms with Crippen LogP contribution in [0, 0.1) is 5.82 Å². The quantitative estimate of drug-likeness (QED) is 0.651. The number of thiol groups is 1. The number of benzene rings is 1. The van der Waals surface area contributed by atoms with Crippen LogP contribution in [0.4, 0.5) is 4.39 Å². The fourth-order valence-electron chi connectivity index (χ4n) is 1.21. The van der Waals surface area contributed by atoms with Crippen LogP contribution in [0.3, 0.4) is 0 Å². The molecule has 94 valence electrons. The SMILES string of the molecule is CCOCC(C)OC(=O)c1ccc(F)c(S)c1. The molecule has 0 aliphatic heterocycles. The van der Waals surface area contributed by atoms with E-state index in [9.17, 15) is 9.18 Å². The van der Waals surface area contributed by atoms with Gasteiger partial charge in [-0.1, -0.05) is 0 Å². The van der Waals surface area contributed by atoms with E-state index >= 15 is 0 Å². The molecule has 5 heteroatoms. The monoisotopic (exact) mass is 258 g/mol. The predicted octanol–water partition coefficient (Wildman–Crippen LogP) is 2.70. The van der Waals surface area contributed by atoms with Gasteiger partial charge in [0.1, 0.15) is 11.9 Å². The summed E-state index contributed by atoms with van der Waals surface area (Å²) < 4.78 is 23.2. The first kappa shape index (κ1) is 14.0. The molecule has 0 N–H and O–H groups in total. The van der Waals surface area contributed by atoms with E-state index in [1.165, 1.54) is 18.2 Å². The van der Waals surface area contributed by atoms with Crippen LogP contribution in [0.2, 0.25) is 0 Å². The fourth-order valence-corrected chi connectivity index (χ4v) is 1.42. The third-order valence-electron chi connectivity index (χ3n) is 2.05. The lowest BCUT2D eigenvalue weighted by molar-refractivity contribution is 0.00437. The zero-order valence-electron chi connectivity index (χ0n) is 9.77. The number of carbonyl (C=O) groups excluding carboxylic acids is 1. The summed E-state index contributed by atoms with van der Waals surface area (Å²) >= 11 is 3.90. The lowest BCUT2D eigenvalue weighted by Gasteiger charge is -2.13. The number of hydrogen-bond donors (Lipinski definition) is 1. The molecule has 1 atom stereocenters. The van der Waals surface area contributed by atoms with Crippen molar-refractivity contribution in [2.45, 2.75) is 24.8 Å². The van der Waals surface area contributed by atoms with Crippen LogP contribution in [0.1, 0.15) is 24.2 Å². The lowest BCUT2D eigenvalue weighted by Crippen LogP contribution is -2.20. The van der Waals surface area contributed by atoms with E-state index < -0.39 is 11.8 Å². The second kappa shape index (κ2) is 6.61. The molecule has 0 aliphatic carbocycles. The molecule has 0 heterocycles. The Balaban J connectivity index is 2.60. The molecule has 1 aromatic rings. The third-order valence-corrected chi connectivity index (χ3v) is 2.39. The molecule has 0 aromatic heterocycles. The highest BCUT2D eigenvalue weighted by atomic mass is 32.1. The molecule has 3 nitrogen and oxygen atoms in total. The van der Waals surface area contributed by atoms with Gasteiger partial charge in [0, 0.05) is 11.5 Å². The van der Waals surface area contributed by atoms with Gasteiger partial charge in [-0.05, 0) is 32.0 Å². The van der Waals surface area contributed by atoms with Gasteiger partial charge in [-0.2, -0.15) is 0 Å². The average Bonchev–Trinajstić information content (AvgIpc) is 2.30. The second-order valence-electron chi connectivity index (χ2n) is 3.54. The molecule has 0 bridgehead atoms. The summed E-state index contributed by atoms with van der Waals surface area (Å²) in [4.78, 5) is 11.8. The normalized spacial score (nSPS) is 12.2. The van der Waals surface area contributed by atoms with Crippen LogP contribution < -0.4 is 0 Å². The van der Waals surface area contributed by atoms with Crippen molar-refractivity contribution in [1.82, 2.24) is 0 Å². The second-order valence-corrected chi connectivity index (χ2v) is 4.02. The van der Waals surface area contributed by atoms with Gasteiger partial charge >= 0.3 is 5.97 Å². The summed E-state index contributed by atoms with van der Waals surface area (Å²) in [6, 6.07) is 3.89. The van der Waals surface area contributed by atoms with E-state index in [0.717, 1.165) is 0 Å². The van der Waals surface area contributed by atoms with Crippen LogP contribution in [0.15, 0.2) is 23.1 Å². The Morgan fingerprint density at radius 3 is 2.82 bits per heavy atom. The highest BCUT2D eigenvalue weighted by molar-refractivity contribution is 7.80. The van der Waals surface area contributed by atoms with Gasteiger partial charge in [0.05, 0.1) is 12.2 Å². The zero-order valence-corrected chi connectivity index (χ0v) is 10.7. The third kappa shape index (κ3) is 4.36. The molecule has 0 amide bonds. The maximum atomic E-state index is 12.9. The number of halogens is 1. The van der Waals surface area contributed by atoms with Gasteiger partial charge in [-0.15, -0.1) is 12.6 Å². The van der Waals surface area contributed by atoms with Crippen LogP contribution in [0.25, 0.3) is 0 Å². The van der Waals surface area contributed by atoms with Gasteiger partial charge in [0.15, 0.2) is 0 Å². The van der Waals surface area contributed by atoms with E-state index in [1.807, 2.05) is 6.92 Å². The molecule has 0 radical (unpaired) electrons. The molecule has 1 rings (SSSR count). The molecule has 17 heavy (non-hydrogen) atoms. The highest BCUT2D eigenvalue weighted by Gasteiger charge is 2.13. The number of carbonyl (C=O) groups is 1. The first-order valence-corrected chi connectivity index (χ1v) is 5.76. The molecule has 0 saturated heterocycles. The average molecular weight is 258 g/mol. The molecule has 1 aromatic carbocycles.